The number of hydrogen-bond acceptors (Lipinski definition) is 4. The van der Waals surface area contributed by atoms with Crippen LogP contribution in [-0.2, 0) is 13.2 Å². The lowest BCUT2D eigenvalue weighted by molar-refractivity contribution is 0.174. The topological polar surface area (TPSA) is 50.7 Å². The van der Waals surface area contributed by atoms with Gasteiger partial charge in [-0.2, -0.15) is 0 Å². The summed E-state index contributed by atoms with van der Waals surface area (Å²) in [6, 6.07) is 19.5. The Morgan fingerprint density at radius 1 is 1.07 bits per heavy atom. The lowest BCUT2D eigenvalue weighted by Crippen LogP contribution is -2.21. The predicted octanol–water partition coefficient (Wildman–Crippen LogP) is 4.89. The molecule has 0 saturated heterocycles. The van der Waals surface area contributed by atoms with Crippen molar-refractivity contribution in [3.8, 4) is 11.5 Å². The monoisotopic (exact) mass is 415 g/mol. The van der Waals surface area contributed by atoms with Gasteiger partial charge in [0.1, 0.15) is 12.4 Å². The van der Waals surface area contributed by atoms with Crippen molar-refractivity contribution in [3.63, 3.8) is 0 Å². The van der Waals surface area contributed by atoms with Crippen LogP contribution in [0.1, 0.15) is 22.8 Å². The summed E-state index contributed by atoms with van der Waals surface area (Å²) < 4.78 is 24.9. The Bertz CT molecular complexity index is 937. The molecule has 2 N–H and O–H groups in total. The average molecular weight is 416 g/mol. The number of ether oxygens (including phenoxy) is 2. The normalized spacial score (nSPS) is 11.9. The summed E-state index contributed by atoms with van der Waals surface area (Å²) in [7, 11) is 1.53. The summed E-state index contributed by atoms with van der Waals surface area (Å²) in [5.74, 6) is 0.500. The van der Waals surface area contributed by atoms with Gasteiger partial charge in [0.2, 0.25) is 0 Å². The van der Waals surface area contributed by atoms with Crippen molar-refractivity contribution < 1.29 is 19.0 Å². The molecule has 4 nitrogen and oxygen atoms in total. The summed E-state index contributed by atoms with van der Waals surface area (Å²) in [6.45, 7) is 0.937. The molecule has 3 aromatic rings. The number of methoxy groups -OCH3 is 1. The molecule has 0 saturated carbocycles. The fourth-order valence-corrected chi connectivity index (χ4v) is 3.21. The van der Waals surface area contributed by atoms with E-state index >= 15 is 0 Å². The van der Waals surface area contributed by atoms with E-state index in [1.807, 2.05) is 36.4 Å². The minimum Gasteiger partial charge on any atom is -0.493 e. The van der Waals surface area contributed by atoms with Gasteiger partial charge in [0.25, 0.3) is 0 Å². The highest BCUT2D eigenvalue weighted by atomic mass is 35.5. The van der Waals surface area contributed by atoms with Crippen LogP contribution in [0.5, 0.6) is 11.5 Å². The van der Waals surface area contributed by atoms with Crippen LogP contribution in [0.3, 0.4) is 0 Å². The molecule has 6 heteroatoms. The van der Waals surface area contributed by atoms with E-state index in [0.717, 1.165) is 11.1 Å². The van der Waals surface area contributed by atoms with Gasteiger partial charge in [-0.05, 0) is 29.3 Å². The molecule has 29 heavy (non-hydrogen) atoms. The SMILES string of the molecule is COc1cc(CNC[C@H](O)c2ccccc2)cc(Cl)c1OCc1ccccc1F. The summed E-state index contributed by atoms with van der Waals surface area (Å²) in [6.07, 6.45) is -0.600. The number of nitrogens with one attached hydrogen (secondary N) is 1. The van der Waals surface area contributed by atoms with Crippen molar-refractivity contribution in [1.29, 1.82) is 0 Å². The minimum absolute atomic E-state index is 0.0453. The summed E-state index contributed by atoms with van der Waals surface area (Å²) in [4.78, 5) is 0. The van der Waals surface area contributed by atoms with Crippen molar-refractivity contribution in [2.45, 2.75) is 19.3 Å². The first-order valence-corrected chi connectivity index (χ1v) is 9.62. The Balaban J connectivity index is 1.62. The van der Waals surface area contributed by atoms with Crippen molar-refractivity contribution in [1.82, 2.24) is 5.32 Å². The van der Waals surface area contributed by atoms with E-state index in [1.54, 1.807) is 24.3 Å². The van der Waals surface area contributed by atoms with Crippen LogP contribution < -0.4 is 14.8 Å². The maximum atomic E-state index is 13.8. The van der Waals surface area contributed by atoms with Gasteiger partial charge in [-0.25, -0.2) is 4.39 Å². The first-order valence-electron chi connectivity index (χ1n) is 9.25. The standard InChI is InChI=1S/C23H23ClFNO3/c1-28-22-12-16(13-26-14-21(27)17-7-3-2-4-8-17)11-19(24)23(22)29-15-18-9-5-6-10-20(18)25/h2-12,21,26-27H,13-15H2,1H3/t21-/m0/s1. The summed E-state index contributed by atoms with van der Waals surface area (Å²) in [5.41, 5.74) is 2.17. The van der Waals surface area contributed by atoms with Gasteiger partial charge in [-0.3, -0.25) is 0 Å². The molecule has 0 fully saturated rings. The zero-order valence-corrected chi connectivity index (χ0v) is 16.8. The molecule has 0 aliphatic rings. The molecule has 0 radical (unpaired) electrons. The maximum absolute atomic E-state index is 13.8. The molecule has 0 amide bonds. The fraction of sp³-hybridized carbons (Fsp3) is 0.217. The minimum atomic E-state index is -0.600. The highest BCUT2D eigenvalue weighted by molar-refractivity contribution is 6.32. The number of aliphatic hydroxyl groups excluding tert-OH is 1. The van der Waals surface area contributed by atoms with Gasteiger partial charge in [0.15, 0.2) is 11.5 Å². The Morgan fingerprint density at radius 3 is 2.52 bits per heavy atom. The average Bonchev–Trinajstić information content (AvgIpc) is 2.74. The van der Waals surface area contributed by atoms with Crippen LogP contribution in [0, 0.1) is 5.82 Å². The molecular formula is C23H23ClFNO3. The first kappa shape index (κ1) is 21.1. The van der Waals surface area contributed by atoms with Gasteiger partial charge < -0.3 is 19.9 Å². The molecule has 3 rings (SSSR count). The number of hydrogen-bond donors (Lipinski definition) is 2. The highest BCUT2D eigenvalue weighted by Gasteiger charge is 2.14. The Labute approximate surface area is 174 Å². The third-order valence-electron chi connectivity index (χ3n) is 4.47. The van der Waals surface area contributed by atoms with Crippen LogP contribution in [0.2, 0.25) is 5.02 Å². The van der Waals surface area contributed by atoms with Gasteiger partial charge in [0.05, 0.1) is 18.2 Å². The van der Waals surface area contributed by atoms with Gasteiger partial charge in [0, 0.05) is 18.7 Å². The predicted molar refractivity (Wildman–Crippen MR) is 112 cm³/mol. The molecule has 3 aromatic carbocycles. The van der Waals surface area contributed by atoms with E-state index in [4.69, 9.17) is 21.1 Å². The second-order valence-corrected chi connectivity index (χ2v) is 6.95. The Kier molecular flexibility index (Phi) is 7.47. The lowest BCUT2D eigenvalue weighted by atomic mass is 10.1. The van der Waals surface area contributed by atoms with Crippen molar-refractivity contribution >= 4 is 11.6 Å². The van der Waals surface area contributed by atoms with Crippen LogP contribution in [0.15, 0.2) is 66.7 Å². The quantitative estimate of drug-likeness (QED) is 0.522. The van der Waals surface area contributed by atoms with E-state index in [-0.39, 0.29) is 12.4 Å². The smallest absolute Gasteiger partial charge is 0.180 e. The summed E-state index contributed by atoms with van der Waals surface area (Å²) in [5, 5.41) is 13.8. The first-order chi connectivity index (χ1) is 14.1. The molecule has 0 heterocycles. The second-order valence-electron chi connectivity index (χ2n) is 6.55. The van der Waals surface area contributed by atoms with E-state index in [1.165, 1.54) is 13.2 Å². The van der Waals surface area contributed by atoms with E-state index in [2.05, 4.69) is 5.32 Å². The van der Waals surface area contributed by atoms with E-state index in [9.17, 15) is 9.50 Å². The van der Waals surface area contributed by atoms with Crippen molar-refractivity contribution in [2.24, 2.45) is 0 Å². The fourth-order valence-electron chi connectivity index (χ4n) is 2.93. The third-order valence-corrected chi connectivity index (χ3v) is 4.75. The zero-order valence-electron chi connectivity index (χ0n) is 16.1. The molecule has 0 aliphatic heterocycles. The van der Waals surface area contributed by atoms with Gasteiger partial charge in [-0.15, -0.1) is 0 Å². The van der Waals surface area contributed by atoms with E-state index < -0.39 is 6.10 Å². The number of aliphatic hydroxyl groups is 1. The number of rotatable bonds is 9. The molecular weight excluding hydrogens is 393 g/mol. The van der Waals surface area contributed by atoms with Crippen LogP contribution in [-0.4, -0.2) is 18.8 Å². The van der Waals surface area contributed by atoms with Crippen molar-refractivity contribution in [3.05, 3.63) is 94.3 Å². The molecule has 0 aliphatic carbocycles. The number of halogens is 2. The van der Waals surface area contributed by atoms with Crippen LogP contribution in [0.25, 0.3) is 0 Å². The van der Waals surface area contributed by atoms with E-state index in [0.29, 0.717) is 35.2 Å². The molecule has 0 unspecified atom stereocenters. The Morgan fingerprint density at radius 2 is 1.79 bits per heavy atom. The Hall–Kier alpha value is -2.60. The maximum Gasteiger partial charge on any atom is 0.180 e. The van der Waals surface area contributed by atoms with Gasteiger partial charge >= 0.3 is 0 Å². The number of benzene rings is 3. The lowest BCUT2D eigenvalue weighted by Gasteiger charge is -2.16. The molecule has 0 bridgehead atoms. The second kappa shape index (κ2) is 10.3. The largest absolute Gasteiger partial charge is 0.493 e. The molecule has 1 atom stereocenters. The van der Waals surface area contributed by atoms with Gasteiger partial charge in [-0.1, -0.05) is 60.1 Å². The molecule has 152 valence electrons. The van der Waals surface area contributed by atoms with Crippen molar-refractivity contribution in [2.75, 3.05) is 13.7 Å². The zero-order chi connectivity index (χ0) is 20.6. The summed E-state index contributed by atoms with van der Waals surface area (Å²) >= 11 is 6.38. The molecule has 0 spiro atoms. The molecule has 0 aromatic heterocycles. The van der Waals surface area contributed by atoms with Crippen LogP contribution >= 0.6 is 11.6 Å². The third kappa shape index (κ3) is 5.70. The van der Waals surface area contributed by atoms with Crippen LogP contribution in [0.4, 0.5) is 4.39 Å². The highest BCUT2D eigenvalue weighted by Crippen LogP contribution is 2.37.